The van der Waals surface area contributed by atoms with Gasteiger partial charge in [0.1, 0.15) is 0 Å². The van der Waals surface area contributed by atoms with Gasteiger partial charge in [0.05, 0.1) is 5.69 Å². The van der Waals surface area contributed by atoms with Gasteiger partial charge >= 0.3 is 0 Å². The molecule has 1 heterocycles. The summed E-state index contributed by atoms with van der Waals surface area (Å²) >= 11 is 0. The zero-order valence-electron chi connectivity index (χ0n) is 7.83. The summed E-state index contributed by atoms with van der Waals surface area (Å²) in [6.07, 6.45) is 2.95. The van der Waals surface area contributed by atoms with Crippen molar-refractivity contribution < 1.29 is 0 Å². The van der Waals surface area contributed by atoms with E-state index in [1.165, 1.54) is 17.7 Å². The molecule has 0 bridgehead atoms. The van der Waals surface area contributed by atoms with Crippen molar-refractivity contribution in [2.45, 2.75) is 33.1 Å². The quantitative estimate of drug-likeness (QED) is 0.584. The Morgan fingerprint density at radius 3 is 2.75 bits per heavy atom. The summed E-state index contributed by atoms with van der Waals surface area (Å²) in [6.45, 7) is 6.78. The van der Waals surface area contributed by atoms with Crippen molar-refractivity contribution in [1.29, 1.82) is 0 Å². The molecule has 1 atom stereocenters. The molecule has 0 saturated heterocycles. The molecule has 0 radical (unpaired) electrons. The summed E-state index contributed by atoms with van der Waals surface area (Å²) < 4.78 is 0. The molecule has 0 spiro atoms. The van der Waals surface area contributed by atoms with Crippen LogP contribution >= 0.6 is 0 Å². The molecule has 1 aromatic heterocycles. The lowest BCUT2D eigenvalue weighted by atomic mass is 9.67. The van der Waals surface area contributed by atoms with Crippen LogP contribution < -0.4 is 0 Å². The predicted molar refractivity (Wildman–Crippen MR) is 47.9 cm³/mol. The average Bonchev–Trinajstić information content (AvgIpc) is 1.88. The maximum absolute atomic E-state index is 4.16. The van der Waals surface area contributed by atoms with Crippen molar-refractivity contribution in [1.82, 2.24) is 10.2 Å². The van der Waals surface area contributed by atoms with Gasteiger partial charge in [0.2, 0.25) is 0 Å². The van der Waals surface area contributed by atoms with Crippen LogP contribution in [0.4, 0.5) is 0 Å². The van der Waals surface area contributed by atoms with E-state index in [1.807, 2.05) is 0 Å². The minimum absolute atomic E-state index is 0.336. The molecule has 2 nitrogen and oxygen atoms in total. The highest BCUT2D eigenvalue weighted by Crippen LogP contribution is 2.44. The third kappa shape index (κ3) is 1.02. The van der Waals surface area contributed by atoms with Gasteiger partial charge in [0.25, 0.3) is 0 Å². The fourth-order valence-corrected chi connectivity index (χ4v) is 1.74. The first-order valence-corrected chi connectivity index (χ1v) is 4.39. The van der Waals surface area contributed by atoms with E-state index >= 15 is 0 Å². The Hall–Kier alpha value is -0.920. The summed E-state index contributed by atoms with van der Waals surface area (Å²) in [6, 6.07) is 2.07. The van der Waals surface area contributed by atoms with Gasteiger partial charge in [0, 0.05) is 12.1 Å². The van der Waals surface area contributed by atoms with E-state index in [0.717, 1.165) is 0 Å². The number of rotatable bonds is 0. The molecule has 1 aliphatic carbocycles. The van der Waals surface area contributed by atoms with Crippen molar-refractivity contribution in [2.75, 3.05) is 0 Å². The first-order valence-electron chi connectivity index (χ1n) is 4.39. The lowest BCUT2D eigenvalue weighted by molar-refractivity contribution is 0.282. The lowest BCUT2D eigenvalue weighted by Crippen LogP contribution is -2.30. The molecular weight excluding hydrogens is 148 g/mol. The molecule has 64 valence electrons. The fourth-order valence-electron chi connectivity index (χ4n) is 1.74. The summed E-state index contributed by atoms with van der Waals surface area (Å²) in [7, 11) is 0. The summed E-state index contributed by atoms with van der Waals surface area (Å²) in [4.78, 5) is 0. The van der Waals surface area contributed by atoms with E-state index in [4.69, 9.17) is 0 Å². The molecule has 2 heteroatoms. The Kier molecular flexibility index (Phi) is 1.47. The van der Waals surface area contributed by atoms with Gasteiger partial charge < -0.3 is 0 Å². The first kappa shape index (κ1) is 7.71. The molecule has 2 rings (SSSR count). The molecule has 1 unspecified atom stereocenters. The molecule has 1 aliphatic rings. The Morgan fingerprint density at radius 1 is 1.42 bits per heavy atom. The molecule has 0 amide bonds. The van der Waals surface area contributed by atoms with Gasteiger partial charge in [-0.25, -0.2) is 0 Å². The van der Waals surface area contributed by atoms with Crippen LogP contribution in [-0.2, 0) is 6.42 Å². The highest BCUT2D eigenvalue weighted by Gasteiger charge is 2.36. The summed E-state index contributed by atoms with van der Waals surface area (Å²) in [5, 5.41) is 8.07. The third-order valence-electron chi connectivity index (χ3n) is 2.64. The van der Waals surface area contributed by atoms with Gasteiger partial charge in [-0.15, -0.1) is 0 Å². The van der Waals surface area contributed by atoms with Gasteiger partial charge in [-0.2, -0.15) is 10.2 Å². The Bertz CT molecular complexity index is 299. The second kappa shape index (κ2) is 2.28. The molecule has 1 aromatic rings. The van der Waals surface area contributed by atoms with Crippen molar-refractivity contribution in [3.63, 3.8) is 0 Å². The average molecular weight is 162 g/mol. The number of fused-ring (bicyclic) bond motifs is 1. The highest BCUT2D eigenvalue weighted by molar-refractivity contribution is 5.34. The van der Waals surface area contributed by atoms with E-state index in [-0.39, 0.29) is 0 Å². The van der Waals surface area contributed by atoms with E-state index in [9.17, 15) is 0 Å². The Morgan fingerprint density at radius 2 is 2.17 bits per heavy atom. The molecule has 12 heavy (non-hydrogen) atoms. The fraction of sp³-hybridized carbons (Fsp3) is 0.600. The molecule has 0 aliphatic heterocycles. The van der Waals surface area contributed by atoms with Crippen molar-refractivity contribution in [2.24, 2.45) is 5.41 Å². The number of aromatic nitrogens is 2. The molecule has 0 N–H and O–H groups in total. The van der Waals surface area contributed by atoms with E-state index in [0.29, 0.717) is 11.3 Å². The van der Waals surface area contributed by atoms with Gasteiger partial charge in [0.15, 0.2) is 0 Å². The van der Waals surface area contributed by atoms with Crippen LogP contribution in [0.1, 0.15) is 37.9 Å². The summed E-state index contributed by atoms with van der Waals surface area (Å²) in [5.41, 5.74) is 2.93. The number of nitrogens with zero attached hydrogens (tertiary/aromatic N) is 2. The van der Waals surface area contributed by atoms with Crippen LogP contribution in [0.25, 0.3) is 0 Å². The maximum atomic E-state index is 4.16. The van der Waals surface area contributed by atoms with Crippen LogP contribution in [0.3, 0.4) is 0 Å². The normalized spacial score (nSPS) is 21.4. The third-order valence-corrected chi connectivity index (χ3v) is 2.64. The van der Waals surface area contributed by atoms with Gasteiger partial charge in [-0.1, -0.05) is 20.8 Å². The van der Waals surface area contributed by atoms with Crippen LogP contribution in [0.5, 0.6) is 0 Å². The van der Waals surface area contributed by atoms with Crippen molar-refractivity contribution in [3.8, 4) is 0 Å². The van der Waals surface area contributed by atoms with Crippen LogP contribution in [0.15, 0.2) is 12.3 Å². The summed E-state index contributed by atoms with van der Waals surface area (Å²) in [5.74, 6) is 0.612. The van der Waals surface area contributed by atoms with Crippen LogP contribution in [0, 0.1) is 5.41 Å². The van der Waals surface area contributed by atoms with Crippen molar-refractivity contribution >= 4 is 0 Å². The largest absolute Gasteiger partial charge is 0.159 e. The van der Waals surface area contributed by atoms with Gasteiger partial charge in [-0.3, -0.25) is 0 Å². The zero-order valence-corrected chi connectivity index (χ0v) is 7.83. The topological polar surface area (TPSA) is 25.8 Å². The highest BCUT2D eigenvalue weighted by atomic mass is 15.1. The lowest BCUT2D eigenvalue weighted by Gasteiger charge is -2.38. The van der Waals surface area contributed by atoms with Crippen LogP contribution in [-0.4, -0.2) is 10.2 Å². The maximum Gasteiger partial charge on any atom is 0.0702 e. The monoisotopic (exact) mass is 162 g/mol. The van der Waals surface area contributed by atoms with E-state index < -0.39 is 0 Å². The predicted octanol–water partition coefficient (Wildman–Crippen LogP) is 2.16. The van der Waals surface area contributed by atoms with Crippen LogP contribution in [0.2, 0.25) is 0 Å². The zero-order chi connectivity index (χ0) is 8.77. The second-order valence-electron chi connectivity index (χ2n) is 4.56. The van der Waals surface area contributed by atoms with E-state index in [1.54, 1.807) is 6.20 Å². The standard InChI is InChI=1S/C10H14N2/c1-10(2,3)8-6-7-4-5-11-12-9(7)8/h4-5,8H,6H2,1-3H3. The first-order chi connectivity index (χ1) is 5.59. The molecule has 0 saturated carbocycles. The second-order valence-corrected chi connectivity index (χ2v) is 4.56. The van der Waals surface area contributed by atoms with E-state index in [2.05, 4.69) is 37.0 Å². The Labute approximate surface area is 73.0 Å². The number of hydrogen-bond donors (Lipinski definition) is 0. The minimum atomic E-state index is 0.336. The van der Waals surface area contributed by atoms with Gasteiger partial charge in [-0.05, 0) is 23.5 Å². The SMILES string of the molecule is CC(C)(C)C1Cc2ccnnc21. The van der Waals surface area contributed by atoms with Crippen molar-refractivity contribution in [3.05, 3.63) is 23.5 Å². The smallest absolute Gasteiger partial charge is 0.0702 e. The molecule has 0 fully saturated rings. The number of hydrogen-bond acceptors (Lipinski definition) is 2. The molecular formula is C10H14N2. The minimum Gasteiger partial charge on any atom is -0.159 e. The molecule has 0 aromatic carbocycles. The Balaban J connectivity index is 2.31.